The van der Waals surface area contributed by atoms with Gasteiger partial charge in [-0.3, -0.25) is 0 Å². The Balaban J connectivity index is 1.39. The van der Waals surface area contributed by atoms with Crippen LogP contribution in [0.2, 0.25) is 0 Å². The molecule has 104 valence electrons. The van der Waals surface area contributed by atoms with Crippen LogP contribution in [0.1, 0.15) is 50.0 Å². The van der Waals surface area contributed by atoms with E-state index in [9.17, 15) is 0 Å². The van der Waals surface area contributed by atoms with E-state index in [0.29, 0.717) is 5.92 Å². The highest BCUT2D eigenvalue weighted by atomic mass is 16.5. The van der Waals surface area contributed by atoms with E-state index in [1.807, 2.05) is 0 Å². The van der Waals surface area contributed by atoms with E-state index in [2.05, 4.69) is 29.6 Å². The van der Waals surface area contributed by atoms with Crippen molar-refractivity contribution >= 4 is 0 Å². The van der Waals surface area contributed by atoms with Crippen LogP contribution < -0.4 is 10.1 Å². The van der Waals surface area contributed by atoms with Gasteiger partial charge in [0.2, 0.25) is 0 Å². The minimum atomic E-state index is 0.692. The van der Waals surface area contributed by atoms with Crippen molar-refractivity contribution in [2.75, 3.05) is 13.7 Å². The molecule has 2 aliphatic carbocycles. The molecule has 19 heavy (non-hydrogen) atoms. The van der Waals surface area contributed by atoms with Gasteiger partial charge >= 0.3 is 0 Å². The maximum Gasteiger partial charge on any atom is 0.122 e. The molecule has 0 radical (unpaired) electrons. The van der Waals surface area contributed by atoms with E-state index in [4.69, 9.17) is 4.74 Å². The molecule has 0 unspecified atom stereocenters. The van der Waals surface area contributed by atoms with Crippen LogP contribution in [0.5, 0.6) is 5.75 Å². The monoisotopic (exact) mass is 259 g/mol. The minimum absolute atomic E-state index is 0.692. The summed E-state index contributed by atoms with van der Waals surface area (Å²) in [6.45, 7) is 1.21. The average molecular weight is 259 g/mol. The van der Waals surface area contributed by atoms with Crippen molar-refractivity contribution in [3.63, 3.8) is 0 Å². The fourth-order valence-electron chi connectivity index (χ4n) is 3.15. The molecular weight excluding hydrogens is 234 g/mol. The maximum atomic E-state index is 5.45. The Bertz CT molecular complexity index is 407. The normalized spacial score (nSPS) is 25.9. The lowest BCUT2D eigenvalue weighted by Crippen LogP contribution is -2.40. The van der Waals surface area contributed by atoms with Gasteiger partial charge in [0.25, 0.3) is 0 Å². The zero-order valence-electron chi connectivity index (χ0n) is 11.9. The van der Waals surface area contributed by atoms with Crippen LogP contribution in [-0.2, 0) is 0 Å². The van der Waals surface area contributed by atoms with Crippen LogP contribution in [0.25, 0.3) is 0 Å². The van der Waals surface area contributed by atoms with Gasteiger partial charge in [0, 0.05) is 6.04 Å². The molecule has 2 fully saturated rings. The first-order valence-electron chi connectivity index (χ1n) is 7.73. The summed E-state index contributed by atoms with van der Waals surface area (Å²) in [5.74, 6) is 2.82. The number of hydrogen-bond acceptors (Lipinski definition) is 2. The first-order valence-corrected chi connectivity index (χ1v) is 7.73. The third kappa shape index (κ3) is 3.30. The second-order valence-electron chi connectivity index (χ2n) is 6.15. The Morgan fingerprint density at radius 1 is 1.21 bits per heavy atom. The molecule has 0 atom stereocenters. The first-order chi connectivity index (χ1) is 9.36. The Labute approximate surface area is 116 Å². The van der Waals surface area contributed by atoms with Crippen molar-refractivity contribution in [1.29, 1.82) is 0 Å². The van der Waals surface area contributed by atoms with Crippen molar-refractivity contribution in [2.45, 2.75) is 50.5 Å². The van der Waals surface area contributed by atoms with Gasteiger partial charge in [0.05, 0.1) is 7.11 Å². The van der Waals surface area contributed by atoms with Gasteiger partial charge in [-0.15, -0.1) is 0 Å². The molecule has 0 amide bonds. The van der Waals surface area contributed by atoms with E-state index in [-0.39, 0.29) is 0 Å². The van der Waals surface area contributed by atoms with E-state index in [1.54, 1.807) is 7.11 Å². The third-order valence-corrected chi connectivity index (χ3v) is 4.64. The van der Waals surface area contributed by atoms with Crippen LogP contribution in [0.15, 0.2) is 24.3 Å². The van der Waals surface area contributed by atoms with Gasteiger partial charge in [0.1, 0.15) is 5.75 Å². The minimum Gasteiger partial charge on any atom is -0.496 e. The standard InChI is InChI=1S/C17H25NO/c1-19-17-7-3-2-6-16(17)14-11-15(12-14)18-10-4-5-13-8-9-13/h2-3,6-7,13-15,18H,4-5,8-12H2,1H3. The molecule has 0 spiro atoms. The van der Waals surface area contributed by atoms with Crippen LogP contribution in [0.4, 0.5) is 0 Å². The summed E-state index contributed by atoms with van der Waals surface area (Å²) < 4.78 is 5.45. The summed E-state index contributed by atoms with van der Waals surface area (Å²) in [5.41, 5.74) is 1.39. The van der Waals surface area contributed by atoms with Crippen molar-refractivity contribution in [1.82, 2.24) is 5.32 Å². The molecule has 2 nitrogen and oxygen atoms in total. The largest absolute Gasteiger partial charge is 0.496 e. The van der Waals surface area contributed by atoms with Crippen molar-refractivity contribution in [3.05, 3.63) is 29.8 Å². The number of methoxy groups -OCH3 is 1. The second-order valence-corrected chi connectivity index (χ2v) is 6.15. The number of benzene rings is 1. The molecule has 2 saturated carbocycles. The Morgan fingerprint density at radius 2 is 2.00 bits per heavy atom. The van der Waals surface area contributed by atoms with Crippen LogP contribution in [0, 0.1) is 5.92 Å². The molecular formula is C17H25NO. The first kappa shape index (κ1) is 13.0. The van der Waals surface area contributed by atoms with Crippen LogP contribution in [0.3, 0.4) is 0 Å². The predicted molar refractivity (Wildman–Crippen MR) is 78.7 cm³/mol. The van der Waals surface area contributed by atoms with Gasteiger partial charge in [0.15, 0.2) is 0 Å². The summed E-state index contributed by atoms with van der Waals surface area (Å²) in [5, 5.41) is 3.70. The quantitative estimate of drug-likeness (QED) is 0.754. The van der Waals surface area contributed by atoms with Gasteiger partial charge in [-0.2, -0.15) is 0 Å². The molecule has 0 aliphatic heterocycles. The lowest BCUT2D eigenvalue weighted by Gasteiger charge is -2.37. The van der Waals surface area contributed by atoms with Crippen LogP contribution in [-0.4, -0.2) is 19.7 Å². The zero-order chi connectivity index (χ0) is 13.1. The number of nitrogens with one attached hydrogen (secondary N) is 1. The molecule has 1 aromatic rings. The topological polar surface area (TPSA) is 21.3 Å². The number of rotatable bonds is 7. The molecule has 2 heteroatoms. The van der Waals surface area contributed by atoms with E-state index in [1.165, 1.54) is 50.6 Å². The Kier molecular flexibility index (Phi) is 4.07. The van der Waals surface area contributed by atoms with Gasteiger partial charge in [-0.1, -0.05) is 31.0 Å². The molecule has 0 saturated heterocycles. The van der Waals surface area contributed by atoms with Crippen LogP contribution >= 0.6 is 0 Å². The molecule has 0 heterocycles. The van der Waals surface area contributed by atoms with Crippen molar-refractivity contribution < 1.29 is 4.74 Å². The zero-order valence-corrected chi connectivity index (χ0v) is 11.9. The highest BCUT2D eigenvalue weighted by Crippen LogP contribution is 2.41. The fraction of sp³-hybridized carbons (Fsp3) is 0.647. The highest BCUT2D eigenvalue weighted by molar-refractivity contribution is 5.37. The lowest BCUT2D eigenvalue weighted by molar-refractivity contribution is 0.282. The number of hydrogen-bond donors (Lipinski definition) is 1. The van der Waals surface area contributed by atoms with Gasteiger partial charge in [-0.05, 0) is 55.7 Å². The summed E-state index contributed by atoms with van der Waals surface area (Å²) in [4.78, 5) is 0. The summed E-state index contributed by atoms with van der Waals surface area (Å²) in [7, 11) is 1.77. The second kappa shape index (κ2) is 5.96. The third-order valence-electron chi connectivity index (χ3n) is 4.64. The Morgan fingerprint density at radius 3 is 2.74 bits per heavy atom. The molecule has 3 rings (SSSR count). The highest BCUT2D eigenvalue weighted by Gasteiger charge is 2.31. The predicted octanol–water partition coefficient (Wildman–Crippen LogP) is 3.72. The molecule has 2 aliphatic rings. The number of ether oxygens (including phenoxy) is 1. The van der Waals surface area contributed by atoms with E-state index >= 15 is 0 Å². The fourth-order valence-corrected chi connectivity index (χ4v) is 3.15. The summed E-state index contributed by atoms with van der Waals surface area (Å²) >= 11 is 0. The van der Waals surface area contributed by atoms with E-state index in [0.717, 1.165) is 17.7 Å². The molecule has 0 bridgehead atoms. The maximum absolute atomic E-state index is 5.45. The smallest absolute Gasteiger partial charge is 0.122 e. The summed E-state index contributed by atoms with van der Waals surface area (Å²) in [6, 6.07) is 9.19. The van der Waals surface area contributed by atoms with Crippen molar-refractivity contribution in [2.24, 2.45) is 5.92 Å². The van der Waals surface area contributed by atoms with Crippen molar-refractivity contribution in [3.8, 4) is 5.75 Å². The summed E-state index contributed by atoms with van der Waals surface area (Å²) in [6.07, 6.45) is 8.31. The average Bonchev–Trinajstić information content (AvgIpc) is 3.20. The van der Waals surface area contributed by atoms with Gasteiger partial charge < -0.3 is 10.1 Å². The van der Waals surface area contributed by atoms with Gasteiger partial charge in [-0.25, -0.2) is 0 Å². The molecule has 0 aromatic heterocycles. The SMILES string of the molecule is COc1ccccc1C1CC(NCCCC2CC2)C1. The molecule has 1 N–H and O–H groups in total. The lowest BCUT2D eigenvalue weighted by atomic mass is 9.75. The van der Waals surface area contributed by atoms with E-state index < -0.39 is 0 Å². The number of para-hydroxylation sites is 1. The molecule has 1 aromatic carbocycles. The Hall–Kier alpha value is -1.02.